The van der Waals surface area contributed by atoms with Gasteiger partial charge in [0.25, 0.3) is 0 Å². The molecule has 0 fully saturated rings. The van der Waals surface area contributed by atoms with E-state index in [-0.39, 0.29) is 0 Å². The van der Waals surface area contributed by atoms with Crippen molar-refractivity contribution in [3.63, 3.8) is 0 Å². The molecule has 0 aliphatic heterocycles. The molecule has 8 nitrogen and oxygen atoms in total. The predicted octanol–water partition coefficient (Wildman–Crippen LogP) is 6.75. The van der Waals surface area contributed by atoms with Gasteiger partial charge in [0, 0.05) is 0 Å². The fourth-order valence-electron chi connectivity index (χ4n) is 2.71. The molecule has 0 heterocycles. The second-order valence-electron chi connectivity index (χ2n) is 7.54. The van der Waals surface area contributed by atoms with Gasteiger partial charge >= 0.3 is 37.1 Å². The van der Waals surface area contributed by atoms with Gasteiger partial charge in [-0.15, -0.1) is 4.67 Å². The van der Waals surface area contributed by atoms with Gasteiger partial charge in [0.2, 0.25) is 0 Å². The van der Waals surface area contributed by atoms with Crippen LogP contribution in [0.15, 0.2) is 0 Å². The first kappa shape index (κ1) is 33.7. The van der Waals surface area contributed by atoms with E-state index in [0.29, 0.717) is 19.8 Å². The molecular formula is C21H47O8PTi. The average molecular weight is 506 g/mol. The zero-order chi connectivity index (χ0) is 23.6. The summed E-state index contributed by atoms with van der Waals surface area (Å²) < 4.78 is 52.0. The number of hydrogen-bond acceptors (Lipinski definition) is 6. The van der Waals surface area contributed by atoms with Gasteiger partial charge in [0.05, 0.1) is 19.8 Å². The SMILES string of the molecule is CCCCCCCCOP(=O)(OCCCCCCCC)OOCCCCC.[O]=[Ti]([OH])[OH]. The van der Waals surface area contributed by atoms with Crippen LogP contribution in [0.1, 0.15) is 117 Å². The Balaban J connectivity index is 0. The van der Waals surface area contributed by atoms with Gasteiger partial charge in [0.1, 0.15) is 0 Å². The topological polar surface area (TPSA) is 112 Å². The van der Waals surface area contributed by atoms with E-state index in [0.717, 1.165) is 44.9 Å². The number of unbranched alkanes of at least 4 members (excludes halogenated alkanes) is 12. The summed E-state index contributed by atoms with van der Waals surface area (Å²) in [6.07, 6.45) is 16.8. The van der Waals surface area contributed by atoms with Crippen LogP contribution in [0, 0.1) is 0 Å². The van der Waals surface area contributed by atoms with Gasteiger partial charge in [-0.3, -0.25) is 9.05 Å². The Morgan fingerprint density at radius 3 is 1.35 bits per heavy atom. The van der Waals surface area contributed by atoms with E-state index in [4.69, 9.17) is 29.3 Å². The van der Waals surface area contributed by atoms with E-state index in [2.05, 4.69) is 20.8 Å². The minimum absolute atomic E-state index is 0.387. The maximum atomic E-state index is 12.7. The number of hydrogen-bond donors (Lipinski definition) is 2. The molecule has 0 aromatic carbocycles. The van der Waals surface area contributed by atoms with Crippen molar-refractivity contribution in [2.45, 2.75) is 117 Å². The molecule has 2 N–H and O–H groups in total. The van der Waals surface area contributed by atoms with E-state index in [1.165, 1.54) is 51.4 Å². The first-order chi connectivity index (χ1) is 14.9. The van der Waals surface area contributed by atoms with Crippen molar-refractivity contribution in [2.75, 3.05) is 19.8 Å². The molecule has 0 amide bonds. The second-order valence-corrected chi connectivity index (χ2v) is 9.98. The molecule has 0 aliphatic rings. The van der Waals surface area contributed by atoms with Gasteiger partial charge in [-0.25, -0.2) is 9.45 Å². The van der Waals surface area contributed by atoms with Gasteiger partial charge in [0.15, 0.2) is 0 Å². The van der Waals surface area contributed by atoms with Gasteiger partial charge < -0.3 is 0 Å². The van der Waals surface area contributed by atoms with Crippen LogP contribution in [0.4, 0.5) is 0 Å². The first-order valence-electron chi connectivity index (χ1n) is 12.0. The normalized spacial score (nSPS) is 11.3. The summed E-state index contributed by atoms with van der Waals surface area (Å²) in [6.45, 7) is 7.73. The van der Waals surface area contributed by atoms with Crippen LogP contribution in [0.5, 0.6) is 0 Å². The fraction of sp³-hybridized carbons (Fsp3) is 1.00. The molecule has 188 valence electrons. The Morgan fingerprint density at radius 1 is 0.613 bits per heavy atom. The molecule has 0 spiro atoms. The summed E-state index contributed by atoms with van der Waals surface area (Å²) in [6, 6.07) is 0. The second kappa shape index (κ2) is 26.8. The van der Waals surface area contributed by atoms with E-state index >= 15 is 0 Å². The van der Waals surface area contributed by atoms with E-state index < -0.39 is 26.4 Å². The molecule has 0 aromatic heterocycles. The molecule has 0 saturated carbocycles. The summed E-state index contributed by atoms with van der Waals surface area (Å²) in [7, 11) is -3.61. The van der Waals surface area contributed by atoms with Crippen LogP contribution >= 0.6 is 7.82 Å². The van der Waals surface area contributed by atoms with Crippen LogP contribution in [0.3, 0.4) is 0 Å². The van der Waals surface area contributed by atoms with E-state index in [1.54, 1.807) is 0 Å². The molecule has 0 radical (unpaired) electrons. The standard InChI is InChI=1S/C21H45O5P.2H2O.O.Ti/c1-4-7-10-12-14-17-20-24-27(22,26-23-19-16-9-6-3)25-21-18-15-13-11-8-5-2;;;;/h4-21H2,1-3H3;2*1H2;;/q;;;;+2/p-2. The Morgan fingerprint density at radius 2 is 0.935 bits per heavy atom. The molecule has 0 aliphatic carbocycles. The van der Waals surface area contributed by atoms with Gasteiger partial charge in [-0.2, -0.15) is 0 Å². The zero-order valence-electron chi connectivity index (χ0n) is 20.0. The number of phosphoric ester groups is 1. The van der Waals surface area contributed by atoms with Crippen LogP contribution < -0.4 is 0 Å². The molecule has 0 bridgehead atoms. The summed E-state index contributed by atoms with van der Waals surface area (Å²) in [5.74, 6) is 0. The Bertz CT molecular complexity index is 400. The summed E-state index contributed by atoms with van der Waals surface area (Å²) in [5, 5.41) is 0. The van der Waals surface area contributed by atoms with E-state index in [1.807, 2.05) is 0 Å². The van der Waals surface area contributed by atoms with Crippen LogP contribution in [-0.2, 0) is 45.1 Å². The van der Waals surface area contributed by atoms with Crippen molar-refractivity contribution < 1.29 is 52.5 Å². The Labute approximate surface area is 197 Å². The zero-order valence-corrected chi connectivity index (χ0v) is 22.5. The van der Waals surface area contributed by atoms with Crippen LogP contribution in [0.2, 0.25) is 0 Å². The van der Waals surface area contributed by atoms with Crippen molar-refractivity contribution in [1.29, 1.82) is 0 Å². The summed E-state index contributed by atoms with van der Waals surface area (Å²) in [5.41, 5.74) is 0. The molecule has 0 unspecified atom stereocenters. The van der Waals surface area contributed by atoms with Crippen molar-refractivity contribution in [1.82, 2.24) is 0 Å². The maximum absolute atomic E-state index is 12.7. The van der Waals surface area contributed by atoms with Crippen LogP contribution in [-0.4, -0.2) is 27.2 Å². The number of rotatable bonds is 22. The number of phosphoric acid groups is 1. The monoisotopic (exact) mass is 506 g/mol. The summed E-state index contributed by atoms with van der Waals surface area (Å²) in [4.78, 5) is 5.11. The van der Waals surface area contributed by atoms with Crippen molar-refractivity contribution in [3.8, 4) is 0 Å². The molecule has 10 heteroatoms. The molecule has 0 rings (SSSR count). The predicted molar refractivity (Wildman–Crippen MR) is 118 cm³/mol. The molecule has 0 atom stereocenters. The van der Waals surface area contributed by atoms with Gasteiger partial charge in [-0.1, -0.05) is 97.8 Å². The average Bonchev–Trinajstić information content (AvgIpc) is 2.72. The molecule has 0 aromatic rings. The third kappa shape index (κ3) is 30.5. The fourth-order valence-corrected chi connectivity index (χ4v) is 3.78. The van der Waals surface area contributed by atoms with Crippen LogP contribution in [0.25, 0.3) is 0 Å². The Hall–Kier alpha value is 0.504. The molecular weight excluding hydrogens is 459 g/mol. The third-order valence-electron chi connectivity index (χ3n) is 4.47. The van der Waals surface area contributed by atoms with Gasteiger partial charge in [-0.05, 0) is 19.3 Å². The summed E-state index contributed by atoms with van der Waals surface area (Å²) >= 11 is -3.58. The Kier molecular flexibility index (Phi) is 29.1. The minimum atomic E-state index is -3.61. The van der Waals surface area contributed by atoms with Crippen molar-refractivity contribution in [3.05, 3.63) is 0 Å². The first-order valence-corrected chi connectivity index (χ1v) is 15.5. The van der Waals surface area contributed by atoms with Crippen molar-refractivity contribution >= 4 is 7.82 Å². The van der Waals surface area contributed by atoms with E-state index in [9.17, 15) is 4.57 Å². The molecule has 0 saturated heterocycles. The quantitative estimate of drug-likeness (QED) is 0.0545. The third-order valence-corrected chi connectivity index (χ3v) is 5.76. The molecule has 31 heavy (non-hydrogen) atoms. The van der Waals surface area contributed by atoms with Crippen molar-refractivity contribution in [2.24, 2.45) is 0 Å².